The highest BCUT2D eigenvalue weighted by atomic mass is 16.3. The molecule has 0 aromatic heterocycles. The van der Waals surface area contributed by atoms with Gasteiger partial charge >= 0.3 is 0 Å². The molecule has 1 aliphatic heterocycles. The minimum absolute atomic E-state index is 0.0205. The van der Waals surface area contributed by atoms with Gasteiger partial charge in [-0.1, -0.05) is 13.0 Å². The topological polar surface area (TPSA) is 86.8 Å². The van der Waals surface area contributed by atoms with Crippen LogP contribution >= 0.6 is 0 Å². The van der Waals surface area contributed by atoms with E-state index in [0.29, 0.717) is 25.6 Å². The van der Waals surface area contributed by atoms with Gasteiger partial charge in [-0.25, -0.2) is 0 Å². The van der Waals surface area contributed by atoms with Gasteiger partial charge in [-0.3, -0.25) is 4.79 Å². The molecule has 1 amide bonds. The number of amides is 1. The van der Waals surface area contributed by atoms with Crippen molar-refractivity contribution in [2.45, 2.75) is 13.3 Å². The number of aromatic hydroxyl groups is 2. The molecule has 0 spiro atoms. The van der Waals surface area contributed by atoms with Crippen molar-refractivity contribution in [1.82, 2.24) is 4.90 Å². The van der Waals surface area contributed by atoms with Gasteiger partial charge in [0, 0.05) is 13.1 Å². The average Bonchev–Trinajstić information content (AvgIpc) is 2.39. The first-order valence-corrected chi connectivity index (χ1v) is 6.55. The summed E-state index contributed by atoms with van der Waals surface area (Å²) in [6.07, 6.45) is 0.891. The number of likely N-dealkylation sites (tertiary alicyclic amines) is 1. The number of phenols is 2. The van der Waals surface area contributed by atoms with Crippen molar-refractivity contribution in [2.75, 3.05) is 19.6 Å². The first kappa shape index (κ1) is 13.7. The fourth-order valence-corrected chi connectivity index (χ4v) is 2.55. The summed E-state index contributed by atoms with van der Waals surface area (Å²) in [5, 5.41) is 19.5. The lowest BCUT2D eigenvalue weighted by atomic mass is 9.87. The predicted octanol–water partition coefficient (Wildman–Crippen LogP) is 1.15. The Balaban J connectivity index is 2.20. The van der Waals surface area contributed by atoms with Gasteiger partial charge in [0.15, 0.2) is 0 Å². The zero-order valence-corrected chi connectivity index (χ0v) is 11.0. The molecule has 0 radical (unpaired) electrons. The van der Waals surface area contributed by atoms with Crippen LogP contribution in [0.2, 0.25) is 0 Å². The third kappa shape index (κ3) is 2.66. The Kier molecular flexibility index (Phi) is 3.95. The summed E-state index contributed by atoms with van der Waals surface area (Å²) in [6.45, 7) is 3.88. The number of phenolic OH excluding ortho intramolecular Hbond substituents is 2. The van der Waals surface area contributed by atoms with Gasteiger partial charge < -0.3 is 20.8 Å². The molecule has 104 valence electrons. The normalized spacial score (nSPS) is 23.4. The molecule has 0 aliphatic carbocycles. The van der Waals surface area contributed by atoms with Crippen LogP contribution in [0.25, 0.3) is 0 Å². The van der Waals surface area contributed by atoms with E-state index >= 15 is 0 Å². The number of carbonyl (C=O) groups excluding carboxylic acids is 1. The summed E-state index contributed by atoms with van der Waals surface area (Å²) in [4.78, 5) is 14.0. The molecular formula is C14H20N2O3. The monoisotopic (exact) mass is 264 g/mol. The van der Waals surface area contributed by atoms with E-state index < -0.39 is 0 Å². The summed E-state index contributed by atoms with van der Waals surface area (Å²) in [5.41, 5.74) is 5.70. The molecule has 1 aromatic rings. The first-order valence-electron chi connectivity index (χ1n) is 6.55. The molecule has 5 nitrogen and oxygen atoms in total. The van der Waals surface area contributed by atoms with E-state index in [1.165, 1.54) is 18.2 Å². The maximum absolute atomic E-state index is 12.4. The second-order valence-electron chi connectivity index (χ2n) is 5.18. The van der Waals surface area contributed by atoms with Crippen molar-refractivity contribution >= 4 is 5.91 Å². The lowest BCUT2D eigenvalue weighted by molar-refractivity contribution is 0.0612. The van der Waals surface area contributed by atoms with Crippen LogP contribution in [0.5, 0.6) is 11.5 Å². The van der Waals surface area contributed by atoms with Crippen LogP contribution in [0.4, 0.5) is 0 Å². The number of rotatable bonds is 2. The van der Waals surface area contributed by atoms with Gasteiger partial charge in [-0.15, -0.1) is 0 Å². The molecule has 19 heavy (non-hydrogen) atoms. The van der Waals surface area contributed by atoms with Crippen LogP contribution in [0.15, 0.2) is 18.2 Å². The molecule has 1 aliphatic rings. The van der Waals surface area contributed by atoms with Crippen LogP contribution < -0.4 is 5.73 Å². The number of nitrogens with two attached hydrogens (primary N) is 1. The minimum atomic E-state index is -0.332. The number of piperidine rings is 1. The number of nitrogens with zero attached hydrogens (tertiary/aromatic N) is 1. The number of benzene rings is 1. The van der Waals surface area contributed by atoms with E-state index in [9.17, 15) is 15.0 Å². The highest BCUT2D eigenvalue weighted by Crippen LogP contribution is 2.30. The molecule has 0 bridgehead atoms. The Labute approximate surface area is 112 Å². The maximum atomic E-state index is 12.4. The van der Waals surface area contributed by atoms with Crippen LogP contribution in [0.1, 0.15) is 23.7 Å². The zero-order chi connectivity index (χ0) is 14.0. The number of hydrogen-bond acceptors (Lipinski definition) is 4. The first-order chi connectivity index (χ1) is 9.04. The summed E-state index contributed by atoms with van der Waals surface area (Å²) >= 11 is 0. The largest absolute Gasteiger partial charge is 0.507 e. The predicted molar refractivity (Wildman–Crippen MR) is 72.0 cm³/mol. The Bertz CT molecular complexity index is 456. The summed E-state index contributed by atoms with van der Waals surface area (Å²) in [5.74, 6) is 0.0551. The lowest BCUT2D eigenvalue weighted by Gasteiger charge is -2.36. The Hall–Kier alpha value is -1.75. The van der Waals surface area contributed by atoms with Gasteiger partial charge in [0.2, 0.25) is 0 Å². The summed E-state index contributed by atoms with van der Waals surface area (Å²) in [7, 11) is 0. The Morgan fingerprint density at radius 2 is 2.05 bits per heavy atom. The van der Waals surface area contributed by atoms with E-state index in [-0.39, 0.29) is 28.9 Å². The third-order valence-corrected chi connectivity index (χ3v) is 3.94. The molecule has 1 heterocycles. The van der Waals surface area contributed by atoms with Crippen molar-refractivity contribution in [3.05, 3.63) is 23.8 Å². The van der Waals surface area contributed by atoms with Crippen molar-refractivity contribution in [3.63, 3.8) is 0 Å². The van der Waals surface area contributed by atoms with Crippen LogP contribution in [-0.2, 0) is 0 Å². The smallest absolute Gasteiger partial charge is 0.261 e. The van der Waals surface area contributed by atoms with E-state index in [1.54, 1.807) is 4.90 Å². The third-order valence-electron chi connectivity index (χ3n) is 3.94. The molecule has 5 heteroatoms. The van der Waals surface area contributed by atoms with Gasteiger partial charge in [0.05, 0.1) is 0 Å². The second kappa shape index (κ2) is 5.48. The zero-order valence-electron chi connectivity index (χ0n) is 11.0. The molecule has 4 N–H and O–H groups in total. The molecule has 2 atom stereocenters. The quantitative estimate of drug-likeness (QED) is 0.748. The molecule has 1 aromatic carbocycles. The average molecular weight is 264 g/mol. The standard InChI is InChI=1S/C14H20N2O3/c1-9-5-6-16(8-10(9)7-15)14(19)13-11(17)3-2-4-12(13)18/h2-4,9-10,17-18H,5-8,15H2,1H3. The van der Waals surface area contributed by atoms with Crippen LogP contribution in [-0.4, -0.2) is 40.7 Å². The van der Waals surface area contributed by atoms with Crippen molar-refractivity contribution in [2.24, 2.45) is 17.6 Å². The van der Waals surface area contributed by atoms with Crippen LogP contribution in [0.3, 0.4) is 0 Å². The van der Waals surface area contributed by atoms with E-state index in [1.807, 2.05) is 0 Å². The van der Waals surface area contributed by atoms with E-state index in [0.717, 1.165) is 6.42 Å². The lowest BCUT2D eigenvalue weighted by Crippen LogP contribution is -2.45. The van der Waals surface area contributed by atoms with Crippen molar-refractivity contribution in [3.8, 4) is 11.5 Å². The number of hydrogen-bond donors (Lipinski definition) is 3. The van der Waals surface area contributed by atoms with Gasteiger partial charge in [0.1, 0.15) is 17.1 Å². The van der Waals surface area contributed by atoms with Crippen molar-refractivity contribution < 1.29 is 15.0 Å². The molecule has 1 fully saturated rings. The fraction of sp³-hybridized carbons (Fsp3) is 0.500. The van der Waals surface area contributed by atoms with E-state index in [4.69, 9.17) is 5.73 Å². The highest BCUT2D eigenvalue weighted by molar-refractivity contribution is 5.99. The molecule has 2 unspecified atom stereocenters. The fourth-order valence-electron chi connectivity index (χ4n) is 2.55. The van der Waals surface area contributed by atoms with Gasteiger partial charge in [-0.2, -0.15) is 0 Å². The Morgan fingerprint density at radius 1 is 1.42 bits per heavy atom. The number of carbonyl (C=O) groups is 1. The molecular weight excluding hydrogens is 244 g/mol. The minimum Gasteiger partial charge on any atom is -0.507 e. The van der Waals surface area contributed by atoms with Gasteiger partial charge in [-0.05, 0) is 36.9 Å². The highest BCUT2D eigenvalue weighted by Gasteiger charge is 2.30. The van der Waals surface area contributed by atoms with E-state index in [2.05, 4.69) is 6.92 Å². The van der Waals surface area contributed by atoms with Crippen LogP contribution in [0, 0.1) is 11.8 Å². The molecule has 2 rings (SSSR count). The maximum Gasteiger partial charge on any atom is 0.261 e. The summed E-state index contributed by atoms with van der Waals surface area (Å²) in [6, 6.07) is 4.31. The molecule has 1 saturated heterocycles. The second-order valence-corrected chi connectivity index (χ2v) is 5.18. The van der Waals surface area contributed by atoms with Gasteiger partial charge in [0.25, 0.3) is 5.91 Å². The molecule has 0 saturated carbocycles. The van der Waals surface area contributed by atoms with Crippen molar-refractivity contribution in [1.29, 1.82) is 0 Å². The summed E-state index contributed by atoms with van der Waals surface area (Å²) < 4.78 is 0. The Morgan fingerprint density at radius 3 is 2.63 bits per heavy atom. The SMILES string of the molecule is CC1CCN(C(=O)c2c(O)cccc2O)CC1CN.